The highest BCUT2D eigenvalue weighted by molar-refractivity contribution is 7.17. The van der Waals surface area contributed by atoms with Crippen LogP contribution in [0.4, 0.5) is 4.39 Å². The fourth-order valence-electron chi connectivity index (χ4n) is 0.179. The summed E-state index contributed by atoms with van der Waals surface area (Å²) in [6.45, 7) is -0.281. The van der Waals surface area contributed by atoms with Crippen LogP contribution in [0.5, 0.6) is 0 Å². The molecule has 3 nitrogen and oxygen atoms in total. The first-order valence-corrected chi connectivity index (χ1v) is 2.83. The zero-order chi connectivity index (χ0) is 6.41. The third kappa shape index (κ3) is 4.12. The average molecular weight is 139 g/mol. The highest BCUT2D eigenvalue weighted by atomic mass is 31.1. The maximum absolute atomic E-state index is 11.9. The van der Waals surface area contributed by atoms with Crippen LogP contribution in [0.1, 0.15) is 0 Å². The molecule has 0 heterocycles. The minimum Gasteiger partial charge on any atom is -0.328 e. The van der Waals surface area contributed by atoms with E-state index in [1.807, 2.05) is 0 Å². The van der Waals surface area contributed by atoms with E-state index in [2.05, 4.69) is 4.52 Å². The van der Waals surface area contributed by atoms with Crippen LogP contribution < -0.4 is 5.73 Å². The quantitative estimate of drug-likeness (QED) is 0.577. The Morgan fingerprint density at radius 2 is 2.50 bits per heavy atom. The van der Waals surface area contributed by atoms with E-state index in [9.17, 15) is 8.96 Å². The van der Waals surface area contributed by atoms with Crippen molar-refractivity contribution >= 4 is 8.69 Å². The summed E-state index contributed by atoms with van der Waals surface area (Å²) in [5.41, 5.74) is 4.85. The van der Waals surface area contributed by atoms with Crippen molar-refractivity contribution in [2.45, 2.75) is 6.17 Å². The first-order valence-electron chi connectivity index (χ1n) is 2.10. The molecule has 0 unspecified atom stereocenters. The Bertz CT molecular complexity index is 72.3. The van der Waals surface area contributed by atoms with Crippen molar-refractivity contribution in [3.05, 3.63) is 0 Å². The van der Waals surface area contributed by atoms with Gasteiger partial charge in [-0.3, -0.25) is 4.52 Å². The maximum atomic E-state index is 11.9. The predicted molar refractivity (Wildman–Crippen MR) is 27.5 cm³/mol. The molecule has 0 radical (unpaired) electrons. The van der Waals surface area contributed by atoms with Crippen LogP contribution in [-0.2, 0) is 9.09 Å². The maximum Gasteiger partial charge on any atom is 0.327 e. The van der Waals surface area contributed by atoms with Gasteiger partial charge in [-0.05, 0) is 0 Å². The molecule has 8 heavy (non-hydrogen) atoms. The van der Waals surface area contributed by atoms with Gasteiger partial charge in [0, 0.05) is 6.54 Å². The highest BCUT2D eigenvalue weighted by Crippen LogP contribution is 1.97. The van der Waals surface area contributed by atoms with Gasteiger partial charge >= 0.3 is 8.69 Å². The van der Waals surface area contributed by atoms with Crippen LogP contribution in [0.15, 0.2) is 0 Å². The van der Waals surface area contributed by atoms with Gasteiger partial charge in [-0.1, -0.05) is 0 Å². The van der Waals surface area contributed by atoms with Gasteiger partial charge in [-0.2, -0.15) is 0 Å². The second-order valence-corrected chi connectivity index (χ2v) is 1.61. The molecular weight excluding hydrogens is 132 g/mol. The lowest BCUT2D eigenvalue weighted by molar-refractivity contribution is 0.215. The monoisotopic (exact) mass is 139 g/mol. The van der Waals surface area contributed by atoms with E-state index in [0.717, 1.165) is 0 Å². The summed E-state index contributed by atoms with van der Waals surface area (Å²) in [7, 11) is -0.496. The third-order valence-corrected chi connectivity index (χ3v) is 0.818. The molecule has 0 aromatic carbocycles. The zero-order valence-electron chi connectivity index (χ0n) is 4.21. The second kappa shape index (κ2) is 5.09. The lowest BCUT2D eigenvalue weighted by Crippen LogP contribution is -2.18. The lowest BCUT2D eigenvalue weighted by atomic mass is 10.4. The van der Waals surface area contributed by atoms with Crippen LogP contribution in [-0.4, -0.2) is 19.3 Å². The van der Waals surface area contributed by atoms with Gasteiger partial charge < -0.3 is 5.73 Å². The molecule has 0 fully saturated rings. The van der Waals surface area contributed by atoms with Crippen molar-refractivity contribution < 1.29 is 13.5 Å². The van der Waals surface area contributed by atoms with E-state index < -0.39 is 14.9 Å². The lowest BCUT2D eigenvalue weighted by Gasteiger charge is -1.97. The van der Waals surface area contributed by atoms with Crippen LogP contribution in [0.25, 0.3) is 0 Å². The second-order valence-electron chi connectivity index (χ2n) is 1.20. The van der Waals surface area contributed by atoms with Crippen LogP contribution in [0, 0.1) is 0 Å². The number of hydrogen-bond acceptors (Lipinski definition) is 3. The molecule has 0 rings (SSSR count). The molecule has 5 heteroatoms. The fourth-order valence-corrected chi connectivity index (χ4v) is 0.402. The summed E-state index contributed by atoms with van der Waals surface area (Å²) >= 11 is 0. The van der Waals surface area contributed by atoms with Crippen LogP contribution in [0.2, 0.25) is 0 Å². The summed E-state index contributed by atoms with van der Waals surface area (Å²) in [4.78, 5) is 0. The Hall–Kier alpha value is -0.0500. The van der Waals surface area contributed by atoms with E-state index in [1.54, 1.807) is 0 Å². The van der Waals surface area contributed by atoms with Gasteiger partial charge in [0.05, 0.1) is 6.61 Å². The normalized spacial score (nSPS) is 14.2. The molecule has 0 aromatic heterocycles. The topological polar surface area (TPSA) is 52.3 Å². The van der Waals surface area contributed by atoms with E-state index in [4.69, 9.17) is 5.73 Å². The van der Waals surface area contributed by atoms with Gasteiger partial charge in [0.25, 0.3) is 0 Å². The summed E-state index contributed by atoms with van der Waals surface area (Å²) < 4.78 is 25.6. The number of hydrogen-bond donors (Lipinski definition) is 1. The minimum absolute atomic E-state index is 0.0878. The first-order chi connectivity index (χ1) is 3.81. The van der Waals surface area contributed by atoms with Gasteiger partial charge in [-0.25, -0.2) is 8.96 Å². The van der Waals surface area contributed by atoms with Gasteiger partial charge in [-0.15, -0.1) is 0 Å². The molecule has 0 saturated heterocycles. The van der Waals surface area contributed by atoms with E-state index >= 15 is 0 Å². The smallest absolute Gasteiger partial charge is 0.327 e. The minimum atomic E-state index is -1.20. The molecular formula is C3H7FNO2P. The van der Waals surface area contributed by atoms with Crippen molar-refractivity contribution in [1.29, 1.82) is 0 Å². The molecule has 0 amide bonds. The number of alkyl halides is 1. The van der Waals surface area contributed by atoms with Crippen molar-refractivity contribution in [2.75, 3.05) is 13.2 Å². The molecule has 48 valence electrons. The number of nitrogens with two attached hydrogens (primary N) is 1. The predicted octanol–water partition coefficient (Wildman–Crippen LogP) is 0.506. The molecule has 0 aromatic rings. The Morgan fingerprint density at radius 3 is 2.88 bits per heavy atom. The SMILES string of the molecule is NC[C@@H](F)COP=O. The summed E-state index contributed by atoms with van der Waals surface area (Å²) in [6.07, 6.45) is -1.20. The van der Waals surface area contributed by atoms with Gasteiger partial charge in [0.1, 0.15) is 6.17 Å². The third-order valence-electron chi connectivity index (χ3n) is 0.564. The summed E-state index contributed by atoms with van der Waals surface area (Å²) in [5, 5.41) is 0. The number of halogens is 1. The fraction of sp³-hybridized carbons (Fsp3) is 1.00. The molecule has 0 aliphatic carbocycles. The Morgan fingerprint density at radius 1 is 1.88 bits per heavy atom. The Kier molecular flexibility index (Phi) is 5.06. The number of rotatable bonds is 4. The zero-order valence-corrected chi connectivity index (χ0v) is 5.11. The Labute approximate surface area is 48.3 Å². The summed E-state index contributed by atoms with van der Waals surface area (Å²) in [6, 6.07) is 0. The molecule has 0 saturated carbocycles. The van der Waals surface area contributed by atoms with Crippen molar-refractivity contribution in [2.24, 2.45) is 5.73 Å². The molecule has 0 aliphatic heterocycles. The van der Waals surface area contributed by atoms with Crippen molar-refractivity contribution in [3.63, 3.8) is 0 Å². The van der Waals surface area contributed by atoms with Crippen molar-refractivity contribution in [3.8, 4) is 0 Å². The molecule has 0 aliphatic rings. The van der Waals surface area contributed by atoms with E-state index in [-0.39, 0.29) is 13.2 Å². The van der Waals surface area contributed by atoms with Gasteiger partial charge in [0.15, 0.2) is 0 Å². The van der Waals surface area contributed by atoms with Crippen molar-refractivity contribution in [1.82, 2.24) is 0 Å². The molecule has 2 N–H and O–H groups in total. The molecule has 1 atom stereocenters. The van der Waals surface area contributed by atoms with Crippen LogP contribution >= 0.6 is 8.69 Å². The average Bonchev–Trinajstić information content (AvgIpc) is 1.83. The standard InChI is InChI=1S/C3H7FNO2P/c4-3(1-5)2-7-8-6/h3H,1-2,5H2/t3-/m1/s1. The molecule has 0 spiro atoms. The van der Waals surface area contributed by atoms with Gasteiger partial charge in [0.2, 0.25) is 0 Å². The first kappa shape index (κ1) is 7.95. The van der Waals surface area contributed by atoms with Crippen LogP contribution in [0.3, 0.4) is 0 Å². The van der Waals surface area contributed by atoms with E-state index in [1.165, 1.54) is 0 Å². The largest absolute Gasteiger partial charge is 0.328 e. The van der Waals surface area contributed by atoms with E-state index in [0.29, 0.717) is 0 Å². The highest BCUT2D eigenvalue weighted by Gasteiger charge is 2.01. The Balaban J connectivity index is 2.97. The summed E-state index contributed by atoms with van der Waals surface area (Å²) in [5.74, 6) is 0. The molecule has 0 bridgehead atoms.